The highest BCUT2D eigenvalue weighted by Crippen LogP contribution is 2.31. The lowest BCUT2D eigenvalue weighted by Crippen LogP contribution is -2.24. The van der Waals surface area contributed by atoms with E-state index in [4.69, 9.17) is 23.7 Å². The minimum absolute atomic E-state index is 0.266. The van der Waals surface area contributed by atoms with E-state index in [1.807, 2.05) is 42.5 Å². The third-order valence-electron chi connectivity index (χ3n) is 6.10. The molecule has 9 nitrogen and oxygen atoms in total. The molecule has 0 saturated heterocycles. The number of nitrogens with zero attached hydrogens (tertiary/aromatic N) is 1. The maximum absolute atomic E-state index is 13.0. The van der Waals surface area contributed by atoms with Crippen molar-refractivity contribution in [1.29, 1.82) is 0 Å². The van der Waals surface area contributed by atoms with Crippen molar-refractivity contribution in [3.8, 4) is 28.7 Å². The maximum Gasteiger partial charge on any atom is 0.343 e. The smallest absolute Gasteiger partial charge is 0.343 e. The van der Waals surface area contributed by atoms with Gasteiger partial charge in [0.1, 0.15) is 5.75 Å². The summed E-state index contributed by atoms with van der Waals surface area (Å²) < 4.78 is 27.3. The summed E-state index contributed by atoms with van der Waals surface area (Å²) >= 11 is 0. The average Bonchev–Trinajstić information content (AvgIpc) is 3.00. The third kappa shape index (κ3) is 7.02. The number of fused-ring (bicyclic) bond motifs is 1. The summed E-state index contributed by atoms with van der Waals surface area (Å²) in [6.07, 6.45) is 3.91. The van der Waals surface area contributed by atoms with Gasteiger partial charge in [-0.1, -0.05) is 42.5 Å². The summed E-state index contributed by atoms with van der Waals surface area (Å²) in [6.45, 7) is 3.45. The number of ether oxygens (including phenoxy) is 5. The van der Waals surface area contributed by atoms with E-state index < -0.39 is 11.9 Å². The Morgan fingerprint density at radius 2 is 1.54 bits per heavy atom. The molecule has 0 aliphatic heterocycles. The van der Waals surface area contributed by atoms with Crippen molar-refractivity contribution in [2.24, 2.45) is 5.10 Å². The highest BCUT2D eigenvalue weighted by molar-refractivity contribution is 6.04. The van der Waals surface area contributed by atoms with E-state index in [1.54, 1.807) is 30.3 Å². The molecule has 4 aromatic rings. The van der Waals surface area contributed by atoms with E-state index in [9.17, 15) is 9.59 Å². The van der Waals surface area contributed by atoms with Gasteiger partial charge in [-0.15, -0.1) is 6.58 Å². The number of allylic oxidation sites excluding steroid dienone is 1. The predicted molar refractivity (Wildman–Crippen MR) is 157 cm³/mol. The van der Waals surface area contributed by atoms with Crippen molar-refractivity contribution in [3.63, 3.8) is 0 Å². The zero-order valence-electron chi connectivity index (χ0n) is 23.0. The fourth-order valence-corrected chi connectivity index (χ4v) is 4.09. The number of hydrazone groups is 1. The van der Waals surface area contributed by atoms with Gasteiger partial charge in [0.05, 0.1) is 33.1 Å². The number of esters is 1. The SMILES string of the molecule is C=CCc1ccc(OCC(=O)N/N=C/c2c(OC(=O)c3ccc(OC)c(OC)c3)ccc3ccccc23)c(OC)c1. The normalized spacial score (nSPS) is 10.7. The first-order valence-corrected chi connectivity index (χ1v) is 12.7. The van der Waals surface area contributed by atoms with Gasteiger partial charge < -0.3 is 23.7 Å². The quantitative estimate of drug-likeness (QED) is 0.0828. The second kappa shape index (κ2) is 13.7. The molecule has 4 rings (SSSR count). The molecule has 0 bridgehead atoms. The van der Waals surface area contributed by atoms with E-state index in [0.717, 1.165) is 16.3 Å². The van der Waals surface area contributed by atoms with Gasteiger partial charge in [0, 0.05) is 5.56 Å². The molecular formula is C32H30N2O7. The van der Waals surface area contributed by atoms with Crippen LogP contribution in [-0.4, -0.2) is 46.0 Å². The van der Waals surface area contributed by atoms with E-state index in [-0.39, 0.29) is 17.9 Å². The molecule has 0 heterocycles. The highest BCUT2D eigenvalue weighted by Gasteiger charge is 2.16. The first-order valence-electron chi connectivity index (χ1n) is 12.7. The Morgan fingerprint density at radius 3 is 2.29 bits per heavy atom. The molecular weight excluding hydrogens is 524 g/mol. The first kappa shape index (κ1) is 28.7. The molecule has 0 saturated carbocycles. The van der Waals surface area contributed by atoms with Crippen LogP contribution in [0, 0.1) is 0 Å². The molecule has 9 heteroatoms. The van der Waals surface area contributed by atoms with E-state index in [0.29, 0.717) is 35.0 Å². The van der Waals surface area contributed by atoms with Crippen LogP contribution < -0.4 is 29.1 Å². The Balaban J connectivity index is 1.49. The topological polar surface area (TPSA) is 105 Å². The number of methoxy groups -OCH3 is 3. The minimum atomic E-state index is -0.596. The summed E-state index contributed by atoms with van der Waals surface area (Å²) in [6, 6.07) is 21.3. The fraction of sp³-hybridized carbons (Fsp3) is 0.156. The van der Waals surface area contributed by atoms with Crippen LogP contribution in [0.25, 0.3) is 10.8 Å². The second-order valence-electron chi connectivity index (χ2n) is 8.72. The Bertz CT molecular complexity index is 1600. The molecule has 41 heavy (non-hydrogen) atoms. The van der Waals surface area contributed by atoms with E-state index in [1.165, 1.54) is 33.6 Å². The number of nitrogens with one attached hydrogen (secondary N) is 1. The Morgan fingerprint density at radius 1 is 0.829 bits per heavy atom. The van der Waals surface area contributed by atoms with Gasteiger partial charge in [0.15, 0.2) is 29.6 Å². The Kier molecular flexibility index (Phi) is 9.56. The fourth-order valence-electron chi connectivity index (χ4n) is 4.09. The zero-order valence-corrected chi connectivity index (χ0v) is 23.0. The van der Waals surface area contributed by atoms with Crippen molar-refractivity contribution in [3.05, 3.63) is 102 Å². The highest BCUT2D eigenvalue weighted by atomic mass is 16.5. The Labute approximate surface area is 237 Å². The monoisotopic (exact) mass is 554 g/mol. The number of carbonyl (C=O) groups is 2. The lowest BCUT2D eigenvalue weighted by molar-refractivity contribution is -0.123. The number of hydrogen-bond acceptors (Lipinski definition) is 8. The van der Waals surface area contributed by atoms with Crippen molar-refractivity contribution in [1.82, 2.24) is 5.43 Å². The minimum Gasteiger partial charge on any atom is -0.493 e. The molecule has 210 valence electrons. The van der Waals surface area contributed by atoms with Crippen LogP contribution in [0.5, 0.6) is 28.7 Å². The van der Waals surface area contributed by atoms with Crippen molar-refractivity contribution >= 4 is 28.9 Å². The molecule has 0 unspecified atom stereocenters. The summed E-state index contributed by atoms with van der Waals surface area (Å²) in [7, 11) is 4.53. The van der Waals surface area contributed by atoms with Crippen LogP contribution in [0.4, 0.5) is 0 Å². The lowest BCUT2D eigenvalue weighted by Gasteiger charge is -2.12. The molecule has 1 amide bonds. The van der Waals surface area contributed by atoms with Crippen molar-refractivity contribution in [2.45, 2.75) is 6.42 Å². The van der Waals surface area contributed by atoms with E-state index in [2.05, 4.69) is 17.1 Å². The van der Waals surface area contributed by atoms with Crippen LogP contribution in [0.15, 0.2) is 90.6 Å². The second-order valence-corrected chi connectivity index (χ2v) is 8.72. The van der Waals surface area contributed by atoms with Crippen molar-refractivity contribution < 1.29 is 33.3 Å². The number of amides is 1. The standard InChI is InChI=1S/C32H30N2O7/c1-5-8-21-11-14-28(29(17-21)38-3)40-20-31(35)34-33-19-25-24-10-7-6-9-22(24)12-15-26(25)41-32(36)23-13-16-27(37-2)30(18-23)39-4/h5-7,9-19H,1,8,20H2,2-4H3,(H,34,35)/b33-19+. The van der Waals surface area contributed by atoms with Crippen LogP contribution in [0.2, 0.25) is 0 Å². The van der Waals surface area contributed by atoms with Gasteiger partial charge in [-0.25, -0.2) is 10.2 Å². The molecule has 4 aromatic carbocycles. The van der Waals surface area contributed by atoms with Crippen LogP contribution in [0.3, 0.4) is 0 Å². The van der Waals surface area contributed by atoms with Gasteiger partial charge in [-0.2, -0.15) is 5.10 Å². The van der Waals surface area contributed by atoms with Gasteiger partial charge in [-0.05, 0) is 59.2 Å². The summed E-state index contributed by atoms with van der Waals surface area (Å²) in [4.78, 5) is 25.5. The van der Waals surface area contributed by atoms with Crippen LogP contribution in [0.1, 0.15) is 21.5 Å². The summed E-state index contributed by atoms with van der Waals surface area (Å²) in [5.41, 5.74) is 4.25. The maximum atomic E-state index is 13.0. The average molecular weight is 555 g/mol. The number of hydrogen-bond donors (Lipinski definition) is 1. The van der Waals surface area contributed by atoms with Gasteiger partial charge in [-0.3, -0.25) is 4.79 Å². The van der Waals surface area contributed by atoms with Gasteiger partial charge >= 0.3 is 5.97 Å². The summed E-state index contributed by atoms with van der Waals surface area (Å²) in [5.74, 6) is 1.02. The molecule has 0 spiro atoms. The molecule has 0 aromatic heterocycles. The van der Waals surface area contributed by atoms with Gasteiger partial charge in [0.2, 0.25) is 0 Å². The molecule has 0 aliphatic rings. The summed E-state index contributed by atoms with van der Waals surface area (Å²) in [5, 5.41) is 5.79. The predicted octanol–water partition coefficient (Wildman–Crippen LogP) is 5.34. The van der Waals surface area contributed by atoms with Crippen molar-refractivity contribution in [2.75, 3.05) is 27.9 Å². The number of benzene rings is 4. The molecule has 1 N–H and O–H groups in total. The number of carbonyl (C=O) groups excluding carboxylic acids is 2. The van der Waals surface area contributed by atoms with Gasteiger partial charge in [0.25, 0.3) is 5.91 Å². The molecule has 0 atom stereocenters. The zero-order chi connectivity index (χ0) is 29.2. The number of rotatable bonds is 12. The molecule has 0 fully saturated rings. The van der Waals surface area contributed by atoms with Crippen LogP contribution >= 0.6 is 0 Å². The third-order valence-corrected chi connectivity index (χ3v) is 6.10. The molecule has 0 aliphatic carbocycles. The lowest BCUT2D eigenvalue weighted by atomic mass is 10.0. The largest absolute Gasteiger partial charge is 0.493 e. The Hall–Kier alpha value is -5.31. The van der Waals surface area contributed by atoms with Crippen LogP contribution in [-0.2, 0) is 11.2 Å². The molecule has 0 radical (unpaired) electrons. The van der Waals surface area contributed by atoms with E-state index >= 15 is 0 Å². The first-order chi connectivity index (χ1) is 20.0.